The van der Waals surface area contributed by atoms with E-state index < -0.39 is 49.7 Å². The molecule has 2 N–H and O–H groups in total. The van der Waals surface area contributed by atoms with Crippen LogP contribution >= 0.6 is 0 Å². The van der Waals surface area contributed by atoms with Crippen LogP contribution in [-0.2, 0) is 21.0 Å². The standard InChI is InChI=1S/C24H26F3N7O3S2/c1-15(2)38(35)33-6-3-18(13-33)39(36,37)31-20-10-16(25)9-19(27)21(20)22(28)34-8-7-32(14-24(34)4-5-24)23-29-11-17(26)12-30-23/h3,6,9-13,15,28,31H,4-5,7-8,14H2,1-2H3. The normalized spacial score (nSPS) is 17.5. The molecule has 3 heterocycles. The van der Waals surface area contributed by atoms with E-state index in [-0.39, 0.29) is 28.1 Å². The van der Waals surface area contributed by atoms with Gasteiger partial charge in [0.25, 0.3) is 10.0 Å². The van der Waals surface area contributed by atoms with Crippen LogP contribution in [0.5, 0.6) is 0 Å². The molecule has 1 aromatic carbocycles. The molecule has 1 saturated carbocycles. The summed E-state index contributed by atoms with van der Waals surface area (Å²) >= 11 is 0. The maximum atomic E-state index is 15.2. The Hall–Kier alpha value is -3.46. The predicted molar refractivity (Wildman–Crippen MR) is 140 cm³/mol. The van der Waals surface area contributed by atoms with E-state index >= 15 is 4.39 Å². The first-order chi connectivity index (χ1) is 18.4. The summed E-state index contributed by atoms with van der Waals surface area (Å²) in [5.41, 5.74) is -1.36. The molecule has 1 saturated heterocycles. The Balaban J connectivity index is 1.42. The summed E-state index contributed by atoms with van der Waals surface area (Å²) in [5.74, 6) is -2.62. The van der Waals surface area contributed by atoms with Gasteiger partial charge in [-0.05, 0) is 38.8 Å². The van der Waals surface area contributed by atoms with Crippen LogP contribution in [0.15, 0.2) is 47.9 Å². The minimum absolute atomic E-state index is 0.245. The highest BCUT2D eigenvalue weighted by Gasteiger charge is 2.53. The van der Waals surface area contributed by atoms with Gasteiger partial charge >= 0.3 is 0 Å². The second kappa shape index (κ2) is 9.93. The van der Waals surface area contributed by atoms with Crippen LogP contribution in [0.25, 0.3) is 0 Å². The minimum Gasteiger partial charge on any atom is -0.347 e. The molecule has 5 rings (SSSR count). The van der Waals surface area contributed by atoms with Crippen LogP contribution in [0, 0.1) is 22.9 Å². The van der Waals surface area contributed by atoms with Crippen LogP contribution in [0.1, 0.15) is 32.3 Å². The predicted octanol–water partition coefficient (Wildman–Crippen LogP) is 3.10. The van der Waals surface area contributed by atoms with Crippen molar-refractivity contribution in [3.63, 3.8) is 0 Å². The van der Waals surface area contributed by atoms with E-state index in [1.54, 1.807) is 18.7 Å². The first-order valence-corrected chi connectivity index (χ1v) is 14.8. The molecule has 208 valence electrons. The fourth-order valence-corrected chi connectivity index (χ4v) is 6.66. The molecule has 2 aliphatic rings. The molecular weight excluding hydrogens is 555 g/mol. The summed E-state index contributed by atoms with van der Waals surface area (Å²) in [6.07, 6.45) is 6.01. The molecule has 15 heteroatoms. The van der Waals surface area contributed by atoms with Crippen molar-refractivity contribution in [2.75, 3.05) is 29.3 Å². The van der Waals surface area contributed by atoms with Crippen LogP contribution in [0.4, 0.5) is 24.8 Å². The fourth-order valence-electron chi connectivity index (χ4n) is 4.64. The Morgan fingerprint density at radius 2 is 1.82 bits per heavy atom. The van der Waals surface area contributed by atoms with Gasteiger partial charge in [-0.15, -0.1) is 0 Å². The maximum absolute atomic E-state index is 15.2. The van der Waals surface area contributed by atoms with Gasteiger partial charge in [0.2, 0.25) is 5.95 Å². The molecule has 3 aromatic rings. The number of piperazine rings is 1. The van der Waals surface area contributed by atoms with Crippen molar-refractivity contribution in [2.45, 2.75) is 42.4 Å². The molecule has 1 aliphatic heterocycles. The topological polar surface area (TPSA) is 124 Å². The van der Waals surface area contributed by atoms with Crippen molar-refractivity contribution in [3.8, 4) is 0 Å². The number of nitrogens with zero attached hydrogens (tertiary/aromatic N) is 5. The number of amidine groups is 1. The number of rotatable bonds is 7. The van der Waals surface area contributed by atoms with Gasteiger partial charge in [0, 0.05) is 43.3 Å². The van der Waals surface area contributed by atoms with Crippen molar-refractivity contribution in [1.29, 1.82) is 5.41 Å². The van der Waals surface area contributed by atoms with Crippen LogP contribution in [-0.4, -0.2) is 67.7 Å². The summed E-state index contributed by atoms with van der Waals surface area (Å²) in [7, 11) is -5.85. The molecule has 0 amide bonds. The average molecular weight is 582 g/mol. The van der Waals surface area contributed by atoms with Gasteiger partial charge in [0.1, 0.15) is 33.4 Å². The monoisotopic (exact) mass is 581 g/mol. The molecule has 1 aliphatic carbocycles. The van der Waals surface area contributed by atoms with E-state index in [1.807, 2.05) is 4.90 Å². The number of anilines is 2. The van der Waals surface area contributed by atoms with Gasteiger partial charge in [0.05, 0.1) is 29.2 Å². The van der Waals surface area contributed by atoms with Crippen molar-refractivity contribution in [1.82, 2.24) is 18.8 Å². The zero-order chi connectivity index (χ0) is 28.1. The zero-order valence-electron chi connectivity index (χ0n) is 21.1. The molecular formula is C24H26F3N7O3S2. The first kappa shape index (κ1) is 27.1. The largest absolute Gasteiger partial charge is 0.347 e. The number of nitrogens with one attached hydrogen (secondary N) is 2. The Bertz CT molecular complexity index is 1560. The molecule has 2 aromatic heterocycles. The van der Waals surface area contributed by atoms with Gasteiger partial charge in [-0.2, -0.15) is 0 Å². The van der Waals surface area contributed by atoms with Gasteiger partial charge in [0.15, 0.2) is 5.82 Å². The average Bonchev–Trinajstić information content (AvgIpc) is 3.43. The third-order valence-corrected chi connectivity index (χ3v) is 9.54. The number of aromatic nitrogens is 3. The lowest BCUT2D eigenvalue weighted by atomic mass is 10.1. The van der Waals surface area contributed by atoms with Crippen LogP contribution in [0.3, 0.4) is 0 Å². The number of hydrogen-bond donors (Lipinski definition) is 2. The molecule has 0 bridgehead atoms. The summed E-state index contributed by atoms with van der Waals surface area (Å²) in [6.45, 7) is 4.43. The lowest BCUT2D eigenvalue weighted by Gasteiger charge is -2.43. The number of sulfonamides is 1. The van der Waals surface area contributed by atoms with Crippen LogP contribution < -0.4 is 9.62 Å². The molecule has 39 heavy (non-hydrogen) atoms. The number of halogens is 3. The molecule has 10 nitrogen and oxygen atoms in total. The molecule has 1 unspecified atom stereocenters. The van der Waals surface area contributed by atoms with Crippen molar-refractivity contribution in [2.24, 2.45) is 0 Å². The van der Waals surface area contributed by atoms with E-state index in [4.69, 9.17) is 5.41 Å². The highest BCUT2D eigenvalue weighted by molar-refractivity contribution is 7.92. The fraction of sp³-hybridized carbons (Fsp3) is 0.375. The minimum atomic E-state index is -4.34. The third kappa shape index (κ3) is 5.24. The molecule has 1 atom stereocenters. The zero-order valence-corrected chi connectivity index (χ0v) is 22.7. The molecule has 2 fully saturated rings. The Morgan fingerprint density at radius 1 is 1.13 bits per heavy atom. The van der Waals surface area contributed by atoms with E-state index in [0.717, 1.165) is 18.5 Å². The molecule has 1 spiro atoms. The number of hydrogen-bond acceptors (Lipinski definition) is 7. The summed E-state index contributed by atoms with van der Waals surface area (Å²) < 4.78 is 84.8. The lowest BCUT2D eigenvalue weighted by molar-refractivity contribution is 0.257. The number of benzene rings is 1. The van der Waals surface area contributed by atoms with Crippen molar-refractivity contribution >= 4 is 38.5 Å². The first-order valence-electron chi connectivity index (χ1n) is 12.1. The summed E-state index contributed by atoms with van der Waals surface area (Å²) in [6, 6.07) is 2.67. The van der Waals surface area contributed by atoms with E-state index in [9.17, 15) is 21.4 Å². The van der Waals surface area contributed by atoms with E-state index in [1.165, 1.54) is 22.4 Å². The SMILES string of the molecule is CC(C)S(=O)n1ccc(S(=O)(=O)Nc2cc(F)cc(F)c2C(=N)N2CCN(c3ncc(F)cn3)CC23CC3)c1. The Kier molecular flexibility index (Phi) is 6.91. The van der Waals surface area contributed by atoms with Crippen molar-refractivity contribution < 1.29 is 25.8 Å². The van der Waals surface area contributed by atoms with Gasteiger partial charge in [-0.3, -0.25) is 14.1 Å². The highest BCUT2D eigenvalue weighted by atomic mass is 32.2. The van der Waals surface area contributed by atoms with E-state index in [0.29, 0.717) is 37.9 Å². The summed E-state index contributed by atoms with van der Waals surface area (Å²) in [5, 5.41) is 8.61. The van der Waals surface area contributed by atoms with E-state index in [2.05, 4.69) is 14.7 Å². The Labute approximate surface area is 226 Å². The van der Waals surface area contributed by atoms with Gasteiger partial charge in [-0.1, -0.05) is 0 Å². The van der Waals surface area contributed by atoms with Crippen LogP contribution in [0.2, 0.25) is 0 Å². The van der Waals surface area contributed by atoms with Gasteiger partial charge in [-0.25, -0.2) is 35.8 Å². The Morgan fingerprint density at radius 3 is 2.46 bits per heavy atom. The smallest absolute Gasteiger partial charge is 0.263 e. The molecule has 0 radical (unpaired) electrons. The maximum Gasteiger partial charge on any atom is 0.263 e. The quantitative estimate of drug-likeness (QED) is 0.325. The van der Waals surface area contributed by atoms with Crippen molar-refractivity contribution in [3.05, 3.63) is 66.0 Å². The lowest BCUT2D eigenvalue weighted by Crippen LogP contribution is -2.57. The summed E-state index contributed by atoms with van der Waals surface area (Å²) in [4.78, 5) is 11.3. The second-order valence-electron chi connectivity index (χ2n) is 9.80. The van der Waals surface area contributed by atoms with Gasteiger partial charge < -0.3 is 9.80 Å². The second-order valence-corrected chi connectivity index (χ2v) is 13.4. The third-order valence-electron chi connectivity index (χ3n) is 6.74. The highest BCUT2D eigenvalue weighted by Crippen LogP contribution is 2.46.